The molecule has 0 aliphatic heterocycles. The number of allylic oxidation sites excluding steroid dienone is 1. The molecular formula is C10H10O3Te. The van der Waals surface area contributed by atoms with Gasteiger partial charge in [-0.2, -0.15) is 0 Å². The number of hydrogen-bond acceptors (Lipinski definition) is 2. The van der Waals surface area contributed by atoms with Crippen LogP contribution in [0.25, 0.3) is 0 Å². The Kier molecular flexibility index (Phi) is 3.99. The molecule has 3 nitrogen and oxygen atoms in total. The van der Waals surface area contributed by atoms with Crippen molar-refractivity contribution in [2.24, 2.45) is 0 Å². The first kappa shape index (κ1) is 11.1. The summed E-state index contributed by atoms with van der Waals surface area (Å²) in [4.78, 5) is 10.4. The van der Waals surface area contributed by atoms with E-state index in [9.17, 15) is 9.90 Å². The van der Waals surface area contributed by atoms with Crippen molar-refractivity contribution in [1.82, 2.24) is 0 Å². The summed E-state index contributed by atoms with van der Waals surface area (Å²) >= 11 is -0.649. The van der Waals surface area contributed by atoms with Gasteiger partial charge in [-0.05, 0) is 0 Å². The number of phenolic OH excluding ortho intramolecular Hbond substituents is 1. The molecule has 1 aromatic carbocycles. The van der Waals surface area contributed by atoms with Crippen molar-refractivity contribution in [3.05, 3.63) is 34.0 Å². The number of rotatable bonds is 3. The van der Waals surface area contributed by atoms with E-state index in [-0.39, 0.29) is 5.75 Å². The van der Waals surface area contributed by atoms with Crippen LogP contribution in [-0.2, 0) is 4.79 Å². The standard InChI is InChI=1S/C10H10O3Te/c1-7(5-10(12)13)14-9-4-2-3-8(11)6-9/h2-6,11H,1H3,(H,12,13). The summed E-state index contributed by atoms with van der Waals surface area (Å²) in [6, 6.07) is 6.96. The maximum absolute atomic E-state index is 10.4. The number of carboxylic acid groups (broad SMARTS) is 1. The molecule has 1 aromatic rings. The molecule has 14 heavy (non-hydrogen) atoms. The molecule has 0 aliphatic carbocycles. The molecule has 0 fully saturated rings. The quantitative estimate of drug-likeness (QED) is 0.639. The average Bonchev–Trinajstić information content (AvgIpc) is 2.01. The topological polar surface area (TPSA) is 57.5 Å². The number of aromatic hydroxyl groups is 1. The van der Waals surface area contributed by atoms with Gasteiger partial charge < -0.3 is 0 Å². The summed E-state index contributed by atoms with van der Waals surface area (Å²) in [6.45, 7) is 1.81. The zero-order valence-electron chi connectivity index (χ0n) is 7.60. The van der Waals surface area contributed by atoms with Gasteiger partial charge in [0.1, 0.15) is 0 Å². The first-order chi connectivity index (χ1) is 6.58. The Morgan fingerprint density at radius 1 is 1.50 bits per heavy atom. The second-order valence-corrected chi connectivity index (χ2v) is 6.46. The van der Waals surface area contributed by atoms with Gasteiger partial charge in [-0.1, -0.05) is 0 Å². The minimum atomic E-state index is -0.909. The van der Waals surface area contributed by atoms with Crippen LogP contribution in [-0.4, -0.2) is 37.1 Å². The van der Waals surface area contributed by atoms with Crippen molar-refractivity contribution in [3.8, 4) is 5.75 Å². The van der Waals surface area contributed by atoms with Crippen molar-refractivity contribution in [1.29, 1.82) is 0 Å². The molecule has 0 bridgehead atoms. The van der Waals surface area contributed by atoms with Crippen molar-refractivity contribution in [3.63, 3.8) is 0 Å². The second-order valence-electron chi connectivity index (χ2n) is 2.69. The van der Waals surface area contributed by atoms with Crippen molar-refractivity contribution < 1.29 is 15.0 Å². The minimum absolute atomic E-state index is 0.232. The fourth-order valence-corrected chi connectivity index (χ4v) is 3.38. The van der Waals surface area contributed by atoms with Crippen LogP contribution >= 0.6 is 0 Å². The third-order valence-electron chi connectivity index (χ3n) is 1.42. The number of benzene rings is 1. The first-order valence-corrected chi connectivity index (χ1v) is 6.29. The van der Waals surface area contributed by atoms with Gasteiger partial charge in [-0.15, -0.1) is 0 Å². The van der Waals surface area contributed by atoms with E-state index in [1.54, 1.807) is 25.1 Å². The Labute approximate surface area is 92.2 Å². The van der Waals surface area contributed by atoms with Gasteiger partial charge in [-0.25, -0.2) is 0 Å². The van der Waals surface area contributed by atoms with E-state index >= 15 is 0 Å². The summed E-state index contributed by atoms with van der Waals surface area (Å²) < 4.78 is 1.92. The molecule has 0 saturated carbocycles. The third kappa shape index (κ3) is 3.82. The van der Waals surface area contributed by atoms with Gasteiger partial charge in [-0.3, -0.25) is 0 Å². The van der Waals surface area contributed by atoms with E-state index < -0.39 is 26.9 Å². The molecule has 0 unspecified atom stereocenters. The molecule has 4 heteroatoms. The Morgan fingerprint density at radius 3 is 2.79 bits per heavy atom. The number of carbonyl (C=O) groups is 1. The fraction of sp³-hybridized carbons (Fsp3) is 0.100. The number of carboxylic acids is 1. The van der Waals surface area contributed by atoms with Crippen molar-refractivity contribution >= 4 is 30.5 Å². The van der Waals surface area contributed by atoms with Crippen LogP contribution in [0.1, 0.15) is 6.92 Å². The van der Waals surface area contributed by atoms with Crippen LogP contribution in [0, 0.1) is 0 Å². The van der Waals surface area contributed by atoms with E-state index in [2.05, 4.69) is 0 Å². The Morgan fingerprint density at radius 2 is 2.21 bits per heavy atom. The number of phenols is 1. The number of hydrogen-bond donors (Lipinski definition) is 2. The average molecular weight is 306 g/mol. The van der Waals surface area contributed by atoms with E-state index in [1.807, 2.05) is 6.07 Å². The normalized spacial score (nSPS) is 11.4. The molecule has 0 aromatic heterocycles. The van der Waals surface area contributed by atoms with E-state index in [0.29, 0.717) is 0 Å². The van der Waals surface area contributed by atoms with Gasteiger partial charge >= 0.3 is 92.1 Å². The van der Waals surface area contributed by atoms with Crippen LogP contribution in [0.4, 0.5) is 0 Å². The van der Waals surface area contributed by atoms with Crippen LogP contribution in [0.5, 0.6) is 5.75 Å². The molecule has 1 rings (SSSR count). The van der Waals surface area contributed by atoms with Gasteiger partial charge in [0.2, 0.25) is 0 Å². The Hall–Kier alpha value is -0.980. The summed E-state index contributed by atoms with van der Waals surface area (Å²) in [6.07, 6.45) is 1.23. The summed E-state index contributed by atoms with van der Waals surface area (Å²) in [5, 5.41) is 17.7. The summed E-state index contributed by atoms with van der Waals surface area (Å²) in [7, 11) is 0. The molecule has 2 N–H and O–H groups in total. The predicted octanol–water partition coefficient (Wildman–Crippen LogP) is 0.710. The SMILES string of the molecule is CC(=CC(=O)O)[Te]c1cccc(O)c1. The summed E-state index contributed by atoms with van der Waals surface area (Å²) in [5.74, 6) is -0.677. The van der Waals surface area contributed by atoms with Crippen LogP contribution in [0.15, 0.2) is 34.0 Å². The molecular weight excluding hydrogens is 296 g/mol. The molecule has 74 valence electrons. The van der Waals surface area contributed by atoms with Crippen molar-refractivity contribution in [2.75, 3.05) is 0 Å². The molecule has 0 amide bonds. The predicted molar refractivity (Wildman–Crippen MR) is 54.9 cm³/mol. The van der Waals surface area contributed by atoms with Gasteiger partial charge in [0.15, 0.2) is 0 Å². The Bertz CT molecular complexity index is 371. The third-order valence-corrected chi connectivity index (χ3v) is 4.08. The second kappa shape index (κ2) is 5.04. The van der Waals surface area contributed by atoms with E-state index in [1.165, 1.54) is 6.08 Å². The van der Waals surface area contributed by atoms with Crippen LogP contribution in [0.3, 0.4) is 0 Å². The van der Waals surface area contributed by atoms with Crippen LogP contribution in [0.2, 0.25) is 0 Å². The summed E-state index contributed by atoms with van der Waals surface area (Å²) in [5.41, 5.74) is 0. The molecule has 0 spiro atoms. The zero-order chi connectivity index (χ0) is 10.6. The van der Waals surface area contributed by atoms with Crippen LogP contribution < -0.4 is 3.61 Å². The molecule has 0 radical (unpaired) electrons. The van der Waals surface area contributed by atoms with Crippen molar-refractivity contribution in [2.45, 2.75) is 6.92 Å². The number of aliphatic carboxylic acids is 1. The van der Waals surface area contributed by atoms with E-state index in [4.69, 9.17) is 5.11 Å². The monoisotopic (exact) mass is 308 g/mol. The molecule has 0 aliphatic rings. The maximum atomic E-state index is 10.4. The molecule has 0 saturated heterocycles. The first-order valence-electron chi connectivity index (χ1n) is 3.96. The van der Waals surface area contributed by atoms with Gasteiger partial charge in [0.25, 0.3) is 0 Å². The van der Waals surface area contributed by atoms with E-state index in [0.717, 1.165) is 7.23 Å². The molecule has 0 heterocycles. The molecule has 0 atom stereocenters. The fourth-order valence-electron chi connectivity index (χ4n) is 0.936. The Balaban J connectivity index is 2.74. The van der Waals surface area contributed by atoms with Gasteiger partial charge in [0, 0.05) is 0 Å². The zero-order valence-corrected chi connectivity index (χ0v) is 9.93. The van der Waals surface area contributed by atoms with Gasteiger partial charge in [0.05, 0.1) is 0 Å².